The lowest BCUT2D eigenvalue weighted by Crippen LogP contribution is -2.08. The van der Waals surface area contributed by atoms with Crippen molar-refractivity contribution in [2.75, 3.05) is 23.4 Å². The largest absolute Gasteiger partial charge is 0.377 e. The third kappa shape index (κ3) is 3.83. The Bertz CT molecular complexity index is 430. The third-order valence-corrected chi connectivity index (χ3v) is 3.23. The summed E-state index contributed by atoms with van der Waals surface area (Å²) in [5.74, 6) is -0.443. The summed E-state index contributed by atoms with van der Waals surface area (Å²) in [6.45, 7) is 2.39. The second-order valence-corrected chi connectivity index (χ2v) is 4.88. The number of thioether (sulfide) groups is 1. The minimum absolute atomic E-state index is 0.369. The van der Waals surface area contributed by atoms with Gasteiger partial charge in [0.25, 0.3) is 5.69 Å². The van der Waals surface area contributed by atoms with E-state index in [2.05, 4.69) is 5.32 Å². The molecule has 0 heterocycles. The summed E-state index contributed by atoms with van der Waals surface area (Å²) >= 11 is 1.72. The van der Waals surface area contributed by atoms with Crippen molar-refractivity contribution in [1.82, 2.24) is 0 Å². The minimum Gasteiger partial charge on any atom is -0.377 e. The lowest BCUT2D eigenvalue weighted by molar-refractivity contribution is -0.384. The summed E-state index contributed by atoms with van der Waals surface area (Å²) in [5.41, 5.74) is -0.821. The number of hydrogen-bond donors (Lipinski definition) is 1. The molecule has 0 aliphatic heterocycles. The van der Waals surface area contributed by atoms with Gasteiger partial charge in [-0.1, -0.05) is 6.92 Å². The van der Waals surface area contributed by atoms with Crippen LogP contribution in [0.3, 0.4) is 0 Å². The maximum absolute atomic E-state index is 13.5. The number of rotatable bonds is 7. The van der Waals surface area contributed by atoms with Crippen LogP contribution in [0.25, 0.3) is 0 Å². The van der Waals surface area contributed by atoms with Crippen LogP contribution in [0.15, 0.2) is 12.1 Å². The Morgan fingerprint density at radius 2 is 2.17 bits per heavy atom. The number of nitro benzene ring substituents is 1. The van der Waals surface area contributed by atoms with Gasteiger partial charge in [0.05, 0.1) is 4.92 Å². The summed E-state index contributed by atoms with van der Waals surface area (Å²) in [6.07, 6.45) is 0.728. The van der Waals surface area contributed by atoms with Crippen LogP contribution in [-0.4, -0.2) is 23.0 Å². The fourth-order valence-corrected chi connectivity index (χ4v) is 2.03. The molecule has 0 saturated heterocycles. The lowest BCUT2D eigenvalue weighted by Gasteiger charge is -2.08. The number of hydrogen-bond acceptors (Lipinski definition) is 4. The normalized spacial score (nSPS) is 10.4. The Balaban J connectivity index is 2.73. The fourth-order valence-electron chi connectivity index (χ4n) is 1.39. The molecule has 0 aromatic heterocycles. The minimum atomic E-state index is -1.20. The first-order valence-corrected chi connectivity index (χ1v) is 6.67. The SMILES string of the molecule is CCSCCCNc1c([N+](=O)[O-])ccc(F)c1F. The van der Waals surface area contributed by atoms with Crippen molar-refractivity contribution in [3.63, 3.8) is 0 Å². The highest BCUT2D eigenvalue weighted by molar-refractivity contribution is 7.99. The van der Waals surface area contributed by atoms with Gasteiger partial charge >= 0.3 is 0 Å². The average Bonchev–Trinajstić information content (AvgIpc) is 2.33. The van der Waals surface area contributed by atoms with Crippen LogP contribution in [0.5, 0.6) is 0 Å². The van der Waals surface area contributed by atoms with Crippen molar-refractivity contribution >= 4 is 23.1 Å². The molecule has 0 fully saturated rings. The molecule has 18 heavy (non-hydrogen) atoms. The van der Waals surface area contributed by atoms with Crippen molar-refractivity contribution in [2.24, 2.45) is 0 Å². The molecule has 0 unspecified atom stereocenters. The smallest absolute Gasteiger partial charge is 0.295 e. The van der Waals surface area contributed by atoms with Gasteiger partial charge in [0.1, 0.15) is 0 Å². The molecule has 0 spiro atoms. The van der Waals surface area contributed by atoms with Gasteiger partial charge in [-0.05, 0) is 24.0 Å². The van der Waals surface area contributed by atoms with Crippen LogP contribution < -0.4 is 5.32 Å². The van der Waals surface area contributed by atoms with Crippen molar-refractivity contribution in [3.05, 3.63) is 33.9 Å². The predicted molar refractivity (Wildman–Crippen MR) is 69.1 cm³/mol. The molecular weight excluding hydrogens is 262 g/mol. The fraction of sp³-hybridized carbons (Fsp3) is 0.455. The van der Waals surface area contributed by atoms with Gasteiger partial charge in [0.2, 0.25) is 0 Å². The highest BCUT2D eigenvalue weighted by atomic mass is 32.2. The zero-order valence-electron chi connectivity index (χ0n) is 9.91. The Labute approximate surface area is 108 Å². The first kappa shape index (κ1) is 14.7. The molecule has 0 saturated carbocycles. The Hall–Kier alpha value is -1.37. The van der Waals surface area contributed by atoms with E-state index in [4.69, 9.17) is 0 Å². The van der Waals surface area contributed by atoms with Gasteiger partial charge in [-0.25, -0.2) is 8.78 Å². The Morgan fingerprint density at radius 1 is 1.44 bits per heavy atom. The maximum atomic E-state index is 13.5. The molecule has 100 valence electrons. The van der Waals surface area contributed by atoms with E-state index in [0.717, 1.165) is 30.1 Å². The summed E-state index contributed by atoms with van der Waals surface area (Å²) in [5, 5.41) is 13.3. The van der Waals surface area contributed by atoms with Gasteiger partial charge in [-0.15, -0.1) is 0 Å². The molecule has 0 amide bonds. The molecule has 4 nitrogen and oxygen atoms in total. The van der Waals surface area contributed by atoms with Gasteiger partial charge in [0, 0.05) is 12.6 Å². The first-order chi connectivity index (χ1) is 8.57. The van der Waals surface area contributed by atoms with Crippen LogP contribution in [0.1, 0.15) is 13.3 Å². The number of nitrogens with zero attached hydrogens (tertiary/aromatic N) is 1. The maximum Gasteiger partial charge on any atom is 0.295 e. The van der Waals surface area contributed by atoms with Gasteiger partial charge in [-0.3, -0.25) is 10.1 Å². The van der Waals surface area contributed by atoms with Crippen LogP contribution in [0, 0.1) is 21.7 Å². The highest BCUT2D eigenvalue weighted by Gasteiger charge is 2.20. The van der Waals surface area contributed by atoms with Gasteiger partial charge in [0.15, 0.2) is 17.3 Å². The van der Waals surface area contributed by atoms with Crippen molar-refractivity contribution < 1.29 is 13.7 Å². The van der Waals surface area contributed by atoms with Gasteiger partial charge in [-0.2, -0.15) is 11.8 Å². The van der Waals surface area contributed by atoms with Crippen LogP contribution in [-0.2, 0) is 0 Å². The molecule has 1 N–H and O–H groups in total. The van der Waals surface area contributed by atoms with Crippen LogP contribution >= 0.6 is 11.8 Å². The molecule has 0 aliphatic carbocycles. The molecule has 1 aromatic rings. The molecule has 0 atom stereocenters. The monoisotopic (exact) mass is 276 g/mol. The van der Waals surface area contributed by atoms with Crippen molar-refractivity contribution in [2.45, 2.75) is 13.3 Å². The Morgan fingerprint density at radius 3 is 2.78 bits per heavy atom. The van der Waals surface area contributed by atoms with E-state index in [1.165, 1.54) is 0 Å². The van der Waals surface area contributed by atoms with Crippen LogP contribution in [0.4, 0.5) is 20.2 Å². The lowest BCUT2D eigenvalue weighted by atomic mass is 10.2. The summed E-state index contributed by atoms with van der Waals surface area (Å²) in [4.78, 5) is 9.96. The van der Waals surface area contributed by atoms with E-state index >= 15 is 0 Å². The van der Waals surface area contributed by atoms with E-state index < -0.39 is 22.2 Å². The molecule has 7 heteroatoms. The number of nitro groups is 1. The Kier molecular flexibility index (Phi) is 5.84. The van der Waals surface area contributed by atoms with Crippen LogP contribution in [0.2, 0.25) is 0 Å². The van der Waals surface area contributed by atoms with E-state index in [9.17, 15) is 18.9 Å². The van der Waals surface area contributed by atoms with Crippen molar-refractivity contribution in [3.8, 4) is 0 Å². The molecule has 1 aromatic carbocycles. The number of anilines is 1. The second kappa shape index (κ2) is 7.15. The third-order valence-electron chi connectivity index (χ3n) is 2.24. The topological polar surface area (TPSA) is 55.2 Å². The number of benzene rings is 1. The van der Waals surface area contributed by atoms with E-state index in [1.807, 2.05) is 6.92 Å². The van der Waals surface area contributed by atoms with E-state index in [0.29, 0.717) is 6.54 Å². The molecular formula is C11H14F2N2O2S. The molecule has 1 rings (SSSR count). The molecule has 0 bridgehead atoms. The zero-order valence-corrected chi connectivity index (χ0v) is 10.7. The van der Waals surface area contributed by atoms with Gasteiger partial charge < -0.3 is 5.32 Å². The van der Waals surface area contributed by atoms with E-state index in [1.54, 1.807) is 11.8 Å². The second-order valence-electron chi connectivity index (χ2n) is 3.49. The summed E-state index contributed by atoms with van der Waals surface area (Å²) in [6, 6.07) is 1.72. The molecule has 0 aliphatic rings. The van der Waals surface area contributed by atoms with E-state index in [-0.39, 0.29) is 5.69 Å². The van der Waals surface area contributed by atoms with Crippen molar-refractivity contribution in [1.29, 1.82) is 0 Å². The number of halogens is 2. The highest BCUT2D eigenvalue weighted by Crippen LogP contribution is 2.28. The summed E-state index contributed by atoms with van der Waals surface area (Å²) < 4.78 is 26.5. The number of nitrogens with one attached hydrogen (secondary N) is 1. The standard InChI is InChI=1S/C11H14F2N2O2S/c1-2-18-7-3-6-14-11-9(15(16)17)5-4-8(12)10(11)13/h4-5,14H,2-3,6-7H2,1H3. The quantitative estimate of drug-likeness (QED) is 0.471. The zero-order chi connectivity index (χ0) is 13.5. The average molecular weight is 276 g/mol. The predicted octanol–water partition coefficient (Wildman–Crippen LogP) is 3.43. The molecule has 0 radical (unpaired) electrons. The summed E-state index contributed by atoms with van der Waals surface area (Å²) in [7, 11) is 0. The first-order valence-electron chi connectivity index (χ1n) is 5.52.